The predicted octanol–water partition coefficient (Wildman–Crippen LogP) is 11.8. The molecule has 0 radical (unpaired) electrons. The molecule has 2 heterocycles. The second-order valence-corrected chi connectivity index (χ2v) is 14.4. The fourth-order valence-corrected chi connectivity index (χ4v) is 7.25. The highest BCUT2D eigenvalue weighted by Gasteiger charge is 2.51. The largest absolute Gasteiger partial charge is 0.494 e. The van der Waals surface area contributed by atoms with Gasteiger partial charge in [-0.15, -0.1) is 0 Å². The summed E-state index contributed by atoms with van der Waals surface area (Å²) in [5.41, 5.74) is 9.70. The number of hydrogen-bond donors (Lipinski definition) is 0. The first-order valence-corrected chi connectivity index (χ1v) is 17.6. The maximum absolute atomic E-state index is 6.67. The monoisotopic (exact) mass is 663 g/mol. The summed E-state index contributed by atoms with van der Waals surface area (Å²) in [6.07, 6.45) is 0. The molecular formula is C46H38BNO3. The van der Waals surface area contributed by atoms with Gasteiger partial charge >= 0.3 is 7.12 Å². The lowest BCUT2D eigenvalue weighted by Crippen LogP contribution is -2.41. The maximum Gasteiger partial charge on any atom is 0.494 e. The summed E-state index contributed by atoms with van der Waals surface area (Å²) in [7, 11) is -0.455. The van der Waals surface area contributed by atoms with Crippen LogP contribution in [-0.2, 0) is 9.31 Å². The van der Waals surface area contributed by atoms with Crippen LogP contribution < -0.4 is 10.4 Å². The standard InChI is InChI=1S/C46H38BNO3/c1-45(2)46(3,4)51-47(50-45)35-23-28-42-40(29-35)44-39-18-12-11-17-38(39)41(30-43(44)49-42)48(36-24-19-33(20-25-36)31-13-7-5-8-14-31)37-26-21-34(22-27-37)32-15-9-6-10-16-32/h5-30H,1-4H3. The van der Waals surface area contributed by atoms with Gasteiger partial charge in [0.1, 0.15) is 11.2 Å². The Kier molecular flexibility index (Phi) is 7.39. The molecule has 8 aromatic rings. The summed E-state index contributed by atoms with van der Waals surface area (Å²) in [6.45, 7) is 8.35. The molecule has 5 heteroatoms. The number of rotatable bonds is 6. The molecule has 4 nitrogen and oxygen atoms in total. The molecule has 9 rings (SSSR count). The van der Waals surface area contributed by atoms with E-state index >= 15 is 0 Å². The Morgan fingerprint density at radius 3 is 1.49 bits per heavy atom. The summed E-state index contributed by atoms with van der Waals surface area (Å²) in [5.74, 6) is 0. The molecule has 0 atom stereocenters. The highest BCUT2D eigenvalue weighted by Crippen LogP contribution is 2.45. The molecule has 0 bridgehead atoms. The summed E-state index contributed by atoms with van der Waals surface area (Å²) in [5, 5.41) is 4.39. The lowest BCUT2D eigenvalue weighted by atomic mass is 9.78. The van der Waals surface area contributed by atoms with Crippen molar-refractivity contribution in [1.82, 2.24) is 0 Å². The van der Waals surface area contributed by atoms with Crippen LogP contribution in [-0.4, -0.2) is 18.3 Å². The molecule has 0 saturated carbocycles. The van der Waals surface area contributed by atoms with Crippen LogP contribution in [0.4, 0.5) is 17.1 Å². The molecule has 1 fully saturated rings. The van der Waals surface area contributed by atoms with Crippen LogP contribution in [0.1, 0.15) is 27.7 Å². The zero-order valence-corrected chi connectivity index (χ0v) is 29.3. The van der Waals surface area contributed by atoms with Gasteiger partial charge in [0.05, 0.1) is 16.9 Å². The number of anilines is 3. The van der Waals surface area contributed by atoms with Gasteiger partial charge in [-0.25, -0.2) is 0 Å². The third-order valence-corrected chi connectivity index (χ3v) is 10.7. The van der Waals surface area contributed by atoms with E-state index in [1.807, 2.05) is 6.07 Å². The molecular weight excluding hydrogens is 625 g/mol. The molecule has 1 aliphatic heterocycles. The van der Waals surface area contributed by atoms with Gasteiger partial charge in [-0.05, 0) is 91.1 Å². The van der Waals surface area contributed by atoms with E-state index < -0.39 is 18.3 Å². The zero-order valence-electron chi connectivity index (χ0n) is 29.3. The van der Waals surface area contributed by atoms with Crippen LogP contribution in [0.2, 0.25) is 0 Å². The molecule has 1 aromatic heterocycles. The average Bonchev–Trinajstić information content (AvgIpc) is 3.64. The summed E-state index contributed by atoms with van der Waals surface area (Å²) in [6, 6.07) is 55.8. The van der Waals surface area contributed by atoms with Gasteiger partial charge in [-0.2, -0.15) is 0 Å². The van der Waals surface area contributed by atoms with Gasteiger partial charge in [0.15, 0.2) is 0 Å². The molecule has 0 aliphatic carbocycles. The van der Waals surface area contributed by atoms with Gasteiger partial charge < -0.3 is 18.6 Å². The smallest absolute Gasteiger partial charge is 0.456 e. The number of furan rings is 1. The molecule has 248 valence electrons. The predicted molar refractivity (Wildman–Crippen MR) is 212 cm³/mol. The molecule has 0 unspecified atom stereocenters. The van der Waals surface area contributed by atoms with Crippen LogP contribution >= 0.6 is 0 Å². The lowest BCUT2D eigenvalue weighted by Gasteiger charge is -2.32. The maximum atomic E-state index is 6.67. The number of nitrogens with zero attached hydrogens (tertiary/aromatic N) is 1. The average molecular weight is 664 g/mol. The number of fused-ring (bicyclic) bond motifs is 5. The minimum atomic E-state index is -0.455. The highest BCUT2D eigenvalue weighted by molar-refractivity contribution is 6.62. The van der Waals surface area contributed by atoms with Crippen LogP contribution in [0.3, 0.4) is 0 Å². The van der Waals surface area contributed by atoms with Crippen LogP contribution in [0.25, 0.3) is 55.0 Å². The molecule has 1 saturated heterocycles. The summed E-state index contributed by atoms with van der Waals surface area (Å²) >= 11 is 0. The van der Waals surface area contributed by atoms with Gasteiger partial charge in [0.25, 0.3) is 0 Å². The first-order chi connectivity index (χ1) is 24.8. The lowest BCUT2D eigenvalue weighted by molar-refractivity contribution is 0.00578. The third kappa shape index (κ3) is 5.41. The van der Waals surface area contributed by atoms with E-state index in [1.165, 1.54) is 22.3 Å². The molecule has 51 heavy (non-hydrogen) atoms. The summed E-state index contributed by atoms with van der Waals surface area (Å²) < 4.78 is 19.5. The molecule has 1 aliphatic rings. The Hall–Kier alpha value is -5.62. The normalized spacial score (nSPS) is 15.2. The van der Waals surface area contributed by atoms with Crippen molar-refractivity contribution in [1.29, 1.82) is 0 Å². The molecule has 0 spiro atoms. The van der Waals surface area contributed by atoms with Gasteiger partial charge in [-0.3, -0.25) is 0 Å². The van der Waals surface area contributed by atoms with E-state index in [1.54, 1.807) is 0 Å². The summed E-state index contributed by atoms with van der Waals surface area (Å²) in [4.78, 5) is 2.34. The molecule has 0 amide bonds. The van der Waals surface area contributed by atoms with Crippen molar-refractivity contribution in [2.75, 3.05) is 4.90 Å². The van der Waals surface area contributed by atoms with Crippen molar-refractivity contribution in [2.45, 2.75) is 38.9 Å². The number of benzene rings is 7. The topological polar surface area (TPSA) is 34.8 Å². The van der Waals surface area contributed by atoms with E-state index in [0.717, 1.165) is 55.2 Å². The zero-order chi connectivity index (χ0) is 34.7. The van der Waals surface area contributed by atoms with Crippen molar-refractivity contribution in [2.24, 2.45) is 0 Å². The van der Waals surface area contributed by atoms with Crippen LogP contribution in [0, 0.1) is 0 Å². The van der Waals surface area contributed by atoms with Crippen molar-refractivity contribution in [3.8, 4) is 22.3 Å². The van der Waals surface area contributed by atoms with E-state index in [0.29, 0.717) is 0 Å². The van der Waals surface area contributed by atoms with Crippen LogP contribution in [0.15, 0.2) is 162 Å². The van der Waals surface area contributed by atoms with Crippen molar-refractivity contribution in [3.05, 3.63) is 158 Å². The first-order valence-electron chi connectivity index (χ1n) is 17.6. The van der Waals surface area contributed by atoms with Gasteiger partial charge in [-0.1, -0.05) is 121 Å². The van der Waals surface area contributed by atoms with Crippen molar-refractivity contribution in [3.63, 3.8) is 0 Å². The van der Waals surface area contributed by atoms with E-state index in [2.05, 4.69) is 184 Å². The van der Waals surface area contributed by atoms with Gasteiger partial charge in [0.2, 0.25) is 0 Å². The second-order valence-electron chi connectivity index (χ2n) is 14.4. The SMILES string of the molecule is CC1(C)OB(c2ccc3oc4cc(N(c5ccc(-c6ccccc6)cc5)c5ccc(-c6ccccc6)cc5)c5ccccc5c4c3c2)OC1(C)C. The minimum absolute atomic E-state index is 0.422. The first kappa shape index (κ1) is 31.4. The Morgan fingerprint density at radius 1 is 0.451 bits per heavy atom. The Bertz CT molecular complexity index is 2420. The van der Waals surface area contributed by atoms with E-state index in [-0.39, 0.29) is 0 Å². The Morgan fingerprint density at radius 2 is 0.941 bits per heavy atom. The van der Waals surface area contributed by atoms with Gasteiger partial charge in [0, 0.05) is 33.6 Å². The van der Waals surface area contributed by atoms with Crippen LogP contribution in [0.5, 0.6) is 0 Å². The fraction of sp³-hybridized carbons (Fsp3) is 0.130. The van der Waals surface area contributed by atoms with E-state index in [4.69, 9.17) is 13.7 Å². The second kappa shape index (κ2) is 12.0. The van der Waals surface area contributed by atoms with Crippen molar-refractivity contribution >= 4 is 62.4 Å². The number of hydrogen-bond acceptors (Lipinski definition) is 4. The molecule has 0 N–H and O–H groups in total. The van der Waals surface area contributed by atoms with Crippen molar-refractivity contribution < 1.29 is 13.7 Å². The Balaban J connectivity index is 1.21. The minimum Gasteiger partial charge on any atom is -0.456 e. The Labute approximate surface area is 299 Å². The molecule has 7 aromatic carbocycles. The fourth-order valence-electron chi connectivity index (χ4n) is 7.25. The highest BCUT2D eigenvalue weighted by atomic mass is 16.7. The third-order valence-electron chi connectivity index (χ3n) is 10.7. The van der Waals surface area contributed by atoms with E-state index in [9.17, 15) is 0 Å². The quantitative estimate of drug-likeness (QED) is 0.166.